The number of aromatic nitrogens is 2. The van der Waals surface area contributed by atoms with E-state index in [2.05, 4.69) is 9.97 Å². The van der Waals surface area contributed by atoms with E-state index in [1.54, 1.807) is 0 Å². The Kier molecular flexibility index (Phi) is 1.54. The van der Waals surface area contributed by atoms with E-state index in [1.807, 2.05) is 12.1 Å². The topological polar surface area (TPSA) is 47.1 Å². The van der Waals surface area contributed by atoms with Crippen LogP contribution in [-0.2, 0) is 0 Å². The summed E-state index contributed by atoms with van der Waals surface area (Å²) in [6, 6.07) is 3.89. The molecule has 2 heterocycles. The summed E-state index contributed by atoms with van der Waals surface area (Å²) in [5.41, 5.74) is 3.03. The molecule has 0 spiro atoms. The van der Waals surface area contributed by atoms with Gasteiger partial charge in [0.05, 0.1) is 26.7 Å². The first-order chi connectivity index (χ1) is 6.83. The van der Waals surface area contributed by atoms with Gasteiger partial charge in [0, 0.05) is 12.1 Å². The van der Waals surface area contributed by atoms with Gasteiger partial charge in [0.25, 0.3) is 0 Å². The number of nitrogens with zero attached hydrogens (tertiary/aromatic N) is 1. The van der Waals surface area contributed by atoms with Gasteiger partial charge in [-0.25, -0.2) is 4.98 Å². The lowest BCUT2D eigenvalue weighted by Gasteiger charge is -2.17. The van der Waals surface area contributed by atoms with Gasteiger partial charge in [0.15, 0.2) is 11.5 Å². The second-order valence-electron chi connectivity index (χ2n) is 3.34. The molecule has 1 aromatic carbocycles. The van der Waals surface area contributed by atoms with E-state index in [0.29, 0.717) is 13.2 Å². The van der Waals surface area contributed by atoms with Crippen molar-refractivity contribution in [2.75, 3.05) is 13.2 Å². The molecule has 0 saturated carbocycles. The second-order valence-corrected chi connectivity index (χ2v) is 4.28. The lowest BCUT2D eigenvalue weighted by molar-refractivity contribution is 0.172. The molecule has 0 fully saturated rings. The summed E-state index contributed by atoms with van der Waals surface area (Å²) in [6.45, 7) is 1.25. The van der Waals surface area contributed by atoms with Crippen LogP contribution in [0, 0.1) is 0 Å². The summed E-state index contributed by atoms with van der Waals surface area (Å²) in [7, 11) is 0.929. The molecule has 72 valence electrons. The first-order valence-corrected chi connectivity index (χ1v) is 5.59. The molecule has 0 saturated heterocycles. The molecule has 1 aliphatic heterocycles. The highest BCUT2D eigenvalue weighted by molar-refractivity contribution is 6.30. The average molecular weight is 206 g/mol. The number of hydrogen-bond acceptors (Lipinski definition) is 3. The molecule has 0 atom stereocenters. The van der Waals surface area contributed by atoms with Crippen molar-refractivity contribution in [3.63, 3.8) is 0 Å². The third-order valence-electron chi connectivity index (χ3n) is 2.26. The Hall–Kier alpha value is -1.49. The van der Waals surface area contributed by atoms with Gasteiger partial charge in [-0.3, -0.25) is 0 Å². The van der Waals surface area contributed by atoms with E-state index in [0.717, 1.165) is 38.2 Å². The molecule has 0 unspecified atom stereocenters. The average Bonchev–Trinajstić information content (AvgIpc) is 2.53. The Morgan fingerprint density at radius 1 is 1.21 bits per heavy atom. The van der Waals surface area contributed by atoms with Crippen molar-refractivity contribution in [3.8, 4) is 11.5 Å². The first kappa shape index (κ1) is 7.87. The minimum absolute atomic E-state index is 0.622. The Morgan fingerprint density at radius 2 is 1.93 bits per heavy atom. The number of benzene rings is 1. The van der Waals surface area contributed by atoms with Gasteiger partial charge in [-0.2, -0.15) is 0 Å². The second kappa shape index (κ2) is 2.75. The summed E-state index contributed by atoms with van der Waals surface area (Å²) in [5.74, 6) is 1.62. The van der Waals surface area contributed by atoms with E-state index in [9.17, 15) is 0 Å². The Balaban J connectivity index is 2.26. The van der Waals surface area contributed by atoms with Gasteiger partial charge >= 0.3 is 0 Å². The monoisotopic (exact) mass is 206 g/mol. The molecule has 5 heteroatoms. The number of ether oxygens (including phenoxy) is 2. The fourth-order valence-electron chi connectivity index (χ4n) is 1.67. The SMILES string of the molecule is [SiH3]c1nc2cc3c(cc2[nH]1)OCCO3. The number of H-pyrrole nitrogens is 1. The highest BCUT2D eigenvalue weighted by atomic mass is 28.1. The first-order valence-electron chi connectivity index (χ1n) is 4.59. The van der Waals surface area contributed by atoms with Gasteiger partial charge in [-0.15, -0.1) is 0 Å². The maximum Gasteiger partial charge on any atom is 0.163 e. The highest BCUT2D eigenvalue weighted by Gasteiger charge is 2.13. The van der Waals surface area contributed by atoms with Crippen LogP contribution in [-0.4, -0.2) is 33.4 Å². The lowest BCUT2D eigenvalue weighted by atomic mass is 10.2. The van der Waals surface area contributed by atoms with Gasteiger partial charge in [0.1, 0.15) is 13.2 Å². The molecule has 4 nitrogen and oxygen atoms in total. The lowest BCUT2D eigenvalue weighted by Crippen LogP contribution is -2.15. The van der Waals surface area contributed by atoms with Crippen LogP contribution in [0.15, 0.2) is 12.1 Å². The van der Waals surface area contributed by atoms with Crippen LogP contribution in [0.4, 0.5) is 0 Å². The Labute approximate surface area is 83.7 Å². The van der Waals surface area contributed by atoms with Gasteiger partial charge in [0.2, 0.25) is 0 Å². The molecule has 0 amide bonds. The standard InChI is InChI=1S/C9H10N2O2Si/c14-9-10-5-3-7-8(4-6(5)11-9)13-2-1-12-7/h3-4H,1-2H2,14H3,(H,10,11). The Bertz CT molecular complexity index is 452. The Morgan fingerprint density at radius 3 is 2.71 bits per heavy atom. The van der Waals surface area contributed by atoms with Crippen LogP contribution in [0.1, 0.15) is 0 Å². The van der Waals surface area contributed by atoms with Crippen molar-refractivity contribution in [2.24, 2.45) is 0 Å². The molecule has 14 heavy (non-hydrogen) atoms. The molecule has 1 N–H and O–H groups in total. The smallest absolute Gasteiger partial charge is 0.163 e. The number of imidazole rings is 1. The zero-order valence-corrected chi connectivity index (χ0v) is 9.83. The van der Waals surface area contributed by atoms with Crippen LogP contribution < -0.4 is 14.9 Å². The number of aromatic amines is 1. The van der Waals surface area contributed by atoms with E-state index in [-0.39, 0.29) is 0 Å². The zero-order valence-electron chi connectivity index (χ0n) is 7.83. The molecule has 0 radical (unpaired) electrons. The van der Waals surface area contributed by atoms with Crippen LogP contribution in [0.3, 0.4) is 0 Å². The summed E-state index contributed by atoms with van der Waals surface area (Å²) >= 11 is 0. The third kappa shape index (κ3) is 1.09. The van der Waals surface area contributed by atoms with Gasteiger partial charge < -0.3 is 14.5 Å². The molecule has 3 rings (SSSR count). The molecule has 1 aromatic heterocycles. The normalized spacial score (nSPS) is 14.9. The van der Waals surface area contributed by atoms with Crippen LogP contribution in [0.5, 0.6) is 11.5 Å². The largest absolute Gasteiger partial charge is 0.486 e. The number of fused-ring (bicyclic) bond motifs is 2. The minimum atomic E-state index is 0.622. The van der Waals surface area contributed by atoms with Crippen LogP contribution >= 0.6 is 0 Å². The minimum Gasteiger partial charge on any atom is -0.486 e. The van der Waals surface area contributed by atoms with Gasteiger partial charge in [-0.1, -0.05) is 0 Å². The molecule has 1 aliphatic rings. The van der Waals surface area contributed by atoms with Crippen molar-refractivity contribution in [1.29, 1.82) is 0 Å². The molecule has 0 aliphatic carbocycles. The summed E-state index contributed by atoms with van der Waals surface area (Å²) in [4.78, 5) is 7.62. The third-order valence-corrected chi connectivity index (χ3v) is 2.74. The van der Waals surface area contributed by atoms with E-state index < -0.39 is 0 Å². The molecule has 0 bridgehead atoms. The van der Waals surface area contributed by atoms with Crippen molar-refractivity contribution in [3.05, 3.63) is 12.1 Å². The van der Waals surface area contributed by atoms with Crippen molar-refractivity contribution in [2.45, 2.75) is 0 Å². The van der Waals surface area contributed by atoms with E-state index in [1.165, 1.54) is 0 Å². The predicted molar refractivity (Wildman–Crippen MR) is 56.7 cm³/mol. The predicted octanol–water partition coefficient (Wildman–Crippen LogP) is -0.675. The summed E-state index contributed by atoms with van der Waals surface area (Å²) in [6.07, 6.45) is 0. The van der Waals surface area contributed by atoms with E-state index >= 15 is 0 Å². The zero-order chi connectivity index (χ0) is 9.54. The van der Waals surface area contributed by atoms with Crippen molar-refractivity contribution in [1.82, 2.24) is 9.97 Å². The van der Waals surface area contributed by atoms with Crippen LogP contribution in [0.2, 0.25) is 0 Å². The summed E-state index contributed by atoms with van der Waals surface area (Å²) in [5, 5.41) is 0. The maximum absolute atomic E-state index is 5.48. The fourth-order valence-corrected chi connectivity index (χ4v) is 2.18. The van der Waals surface area contributed by atoms with Gasteiger partial charge in [-0.05, 0) is 0 Å². The van der Waals surface area contributed by atoms with Crippen molar-refractivity contribution < 1.29 is 9.47 Å². The highest BCUT2D eigenvalue weighted by Crippen LogP contribution is 2.32. The maximum atomic E-state index is 5.48. The fraction of sp³-hybridized carbons (Fsp3) is 0.222. The quantitative estimate of drug-likeness (QED) is 0.581. The van der Waals surface area contributed by atoms with E-state index in [4.69, 9.17) is 9.47 Å². The number of rotatable bonds is 0. The van der Waals surface area contributed by atoms with Crippen molar-refractivity contribution >= 4 is 26.7 Å². The molecular formula is C9H10N2O2Si. The number of nitrogens with one attached hydrogen (secondary N) is 1. The molecular weight excluding hydrogens is 196 g/mol. The van der Waals surface area contributed by atoms with Crippen LogP contribution in [0.25, 0.3) is 11.0 Å². The summed E-state index contributed by atoms with van der Waals surface area (Å²) < 4.78 is 11.0. The number of hydrogen-bond donors (Lipinski definition) is 1. The molecule has 2 aromatic rings.